The summed E-state index contributed by atoms with van der Waals surface area (Å²) in [5, 5.41) is 14.6. The number of hydrogen-bond donors (Lipinski definition) is 3. The highest BCUT2D eigenvalue weighted by Gasteiger charge is 2.20. The molecule has 5 nitrogen and oxygen atoms in total. The zero-order valence-electron chi connectivity index (χ0n) is 10.5. The van der Waals surface area contributed by atoms with Crippen molar-refractivity contribution in [3.8, 4) is 0 Å². The van der Waals surface area contributed by atoms with Crippen LogP contribution >= 0.6 is 11.3 Å². The van der Waals surface area contributed by atoms with E-state index < -0.39 is 12.0 Å². The Hall–Kier alpha value is -1.82. The predicted octanol–water partition coefficient (Wildman–Crippen LogP) is 2.76. The maximum absolute atomic E-state index is 11.6. The van der Waals surface area contributed by atoms with Gasteiger partial charge in [-0.2, -0.15) is 0 Å². The van der Waals surface area contributed by atoms with Crippen LogP contribution in [0.5, 0.6) is 0 Å². The highest BCUT2D eigenvalue weighted by molar-refractivity contribution is 7.16. The van der Waals surface area contributed by atoms with Crippen LogP contribution in [0.4, 0.5) is 9.80 Å². The number of anilines is 1. The molecule has 0 aliphatic rings. The van der Waals surface area contributed by atoms with Crippen LogP contribution in [-0.4, -0.2) is 23.1 Å². The number of amides is 2. The van der Waals surface area contributed by atoms with Gasteiger partial charge < -0.3 is 10.4 Å². The fraction of sp³-hybridized carbons (Fsp3) is 0.333. The Morgan fingerprint density at radius 3 is 2.56 bits per heavy atom. The lowest BCUT2D eigenvalue weighted by Crippen LogP contribution is -2.34. The van der Waals surface area contributed by atoms with Crippen molar-refractivity contribution < 1.29 is 14.7 Å². The lowest BCUT2D eigenvalue weighted by Gasteiger charge is -2.10. The van der Waals surface area contributed by atoms with Gasteiger partial charge in [0.25, 0.3) is 0 Å². The molecule has 0 saturated heterocycles. The molecule has 1 aromatic heterocycles. The minimum absolute atomic E-state index is 0.152. The summed E-state index contributed by atoms with van der Waals surface area (Å²) in [6.45, 7) is 8.87. The molecular weight excluding hydrogens is 252 g/mol. The van der Waals surface area contributed by atoms with E-state index in [0.29, 0.717) is 10.6 Å². The lowest BCUT2D eigenvalue weighted by atomic mass is 10.1. The molecule has 0 fully saturated rings. The summed E-state index contributed by atoms with van der Waals surface area (Å²) < 4.78 is 0. The molecule has 1 aromatic rings. The molecule has 1 unspecified atom stereocenters. The minimum atomic E-state index is -1.04. The van der Waals surface area contributed by atoms with Gasteiger partial charge in [-0.3, -0.25) is 5.32 Å². The number of rotatable bonds is 4. The van der Waals surface area contributed by atoms with Crippen LogP contribution in [0.1, 0.15) is 27.7 Å². The lowest BCUT2D eigenvalue weighted by molar-refractivity contribution is 0.0697. The molecule has 2 amide bonds. The second-order valence-electron chi connectivity index (χ2n) is 3.92. The number of carbonyl (C=O) groups is 2. The molecule has 1 rings (SSSR count). The van der Waals surface area contributed by atoms with Crippen LogP contribution in [-0.2, 0) is 0 Å². The van der Waals surface area contributed by atoms with E-state index in [2.05, 4.69) is 17.2 Å². The van der Waals surface area contributed by atoms with Crippen molar-refractivity contribution >= 4 is 28.3 Å². The summed E-state index contributed by atoms with van der Waals surface area (Å²) >= 11 is 1.25. The Morgan fingerprint density at radius 1 is 1.44 bits per heavy atom. The standard InChI is InChI=1S/C12H16N2O3S/c1-5-6(2)13-12(17)14-10-9(11(15)16)7(3)8(4)18-10/h5-6H,1H2,2-4H3,(H,15,16)(H2,13,14,17). The Morgan fingerprint density at radius 2 is 2.06 bits per heavy atom. The summed E-state index contributed by atoms with van der Waals surface area (Å²) in [7, 11) is 0. The molecule has 0 spiro atoms. The molecule has 18 heavy (non-hydrogen) atoms. The fourth-order valence-electron chi connectivity index (χ4n) is 1.38. The molecule has 0 radical (unpaired) electrons. The van der Waals surface area contributed by atoms with Crippen LogP contribution < -0.4 is 10.6 Å². The zero-order chi connectivity index (χ0) is 13.9. The molecule has 98 valence electrons. The van der Waals surface area contributed by atoms with Gasteiger partial charge in [0.1, 0.15) is 5.00 Å². The second-order valence-corrected chi connectivity index (χ2v) is 5.14. The molecule has 0 bridgehead atoms. The number of thiophene rings is 1. The zero-order valence-corrected chi connectivity index (χ0v) is 11.4. The molecular formula is C12H16N2O3S. The highest BCUT2D eigenvalue weighted by atomic mass is 32.1. The third kappa shape index (κ3) is 3.10. The van der Waals surface area contributed by atoms with Crippen molar-refractivity contribution in [1.82, 2.24) is 5.32 Å². The average molecular weight is 268 g/mol. The van der Waals surface area contributed by atoms with E-state index in [0.717, 1.165) is 4.88 Å². The number of carbonyl (C=O) groups excluding carboxylic acids is 1. The first kappa shape index (κ1) is 14.2. The van der Waals surface area contributed by atoms with Crippen LogP contribution in [0.15, 0.2) is 12.7 Å². The largest absolute Gasteiger partial charge is 0.478 e. The summed E-state index contributed by atoms with van der Waals surface area (Å²) in [6.07, 6.45) is 1.59. The SMILES string of the molecule is C=CC(C)NC(=O)Nc1sc(C)c(C)c1C(=O)O. The molecule has 0 aromatic carbocycles. The number of nitrogens with one attached hydrogen (secondary N) is 2. The van der Waals surface area contributed by atoms with Gasteiger partial charge in [-0.05, 0) is 26.3 Å². The third-order valence-electron chi connectivity index (χ3n) is 2.54. The molecule has 1 heterocycles. The smallest absolute Gasteiger partial charge is 0.338 e. The number of carboxylic acid groups (broad SMARTS) is 1. The van der Waals surface area contributed by atoms with Crippen molar-refractivity contribution in [2.75, 3.05) is 5.32 Å². The predicted molar refractivity (Wildman–Crippen MR) is 72.6 cm³/mol. The van der Waals surface area contributed by atoms with Gasteiger partial charge >= 0.3 is 12.0 Å². The van der Waals surface area contributed by atoms with Crippen molar-refractivity contribution in [1.29, 1.82) is 0 Å². The monoisotopic (exact) mass is 268 g/mol. The maximum Gasteiger partial charge on any atom is 0.338 e. The van der Waals surface area contributed by atoms with Crippen molar-refractivity contribution in [3.63, 3.8) is 0 Å². The van der Waals surface area contributed by atoms with Crippen molar-refractivity contribution in [2.24, 2.45) is 0 Å². The molecule has 6 heteroatoms. The average Bonchev–Trinajstić information content (AvgIpc) is 2.53. The maximum atomic E-state index is 11.6. The van der Waals surface area contributed by atoms with Crippen LogP contribution in [0, 0.1) is 13.8 Å². The summed E-state index contributed by atoms with van der Waals surface area (Å²) in [6, 6.07) is -0.619. The molecule has 0 saturated carbocycles. The van der Waals surface area contributed by atoms with E-state index in [9.17, 15) is 9.59 Å². The number of carboxylic acids is 1. The van der Waals surface area contributed by atoms with Crippen molar-refractivity contribution in [3.05, 3.63) is 28.7 Å². The Bertz CT molecular complexity index is 494. The summed E-state index contributed by atoms with van der Waals surface area (Å²) in [4.78, 5) is 23.6. The first-order valence-corrected chi connectivity index (χ1v) is 6.21. The molecule has 3 N–H and O–H groups in total. The quantitative estimate of drug-likeness (QED) is 0.735. The Labute approximate surface area is 110 Å². The summed E-state index contributed by atoms with van der Waals surface area (Å²) in [5.74, 6) is -1.04. The molecule has 1 atom stereocenters. The fourth-order valence-corrected chi connectivity index (χ4v) is 2.42. The van der Waals surface area contributed by atoms with Gasteiger partial charge in [-0.1, -0.05) is 6.08 Å². The van der Waals surface area contributed by atoms with E-state index in [-0.39, 0.29) is 11.6 Å². The first-order chi connectivity index (χ1) is 8.36. The van der Waals surface area contributed by atoms with Gasteiger partial charge in [0.15, 0.2) is 0 Å². The topological polar surface area (TPSA) is 78.4 Å². The van der Waals surface area contributed by atoms with Crippen molar-refractivity contribution in [2.45, 2.75) is 26.8 Å². The van der Waals surface area contributed by atoms with Crippen LogP contribution in [0.3, 0.4) is 0 Å². The van der Waals surface area contributed by atoms with E-state index in [1.54, 1.807) is 19.9 Å². The first-order valence-electron chi connectivity index (χ1n) is 5.40. The van der Waals surface area contributed by atoms with Crippen LogP contribution in [0.2, 0.25) is 0 Å². The number of aromatic carboxylic acids is 1. The van der Waals surface area contributed by atoms with Gasteiger partial charge in [-0.25, -0.2) is 9.59 Å². The number of urea groups is 1. The van der Waals surface area contributed by atoms with Gasteiger partial charge in [0.05, 0.1) is 5.56 Å². The highest BCUT2D eigenvalue weighted by Crippen LogP contribution is 2.32. The molecule has 0 aliphatic carbocycles. The number of aryl methyl sites for hydroxylation is 1. The number of hydrogen-bond acceptors (Lipinski definition) is 3. The van der Waals surface area contributed by atoms with Gasteiger partial charge in [0, 0.05) is 10.9 Å². The summed E-state index contributed by atoms with van der Waals surface area (Å²) in [5.41, 5.74) is 0.832. The van der Waals surface area contributed by atoms with E-state index in [1.165, 1.54) is 11.3 Å². The van der Waals surface area contributed by atoms with E-state index >= 15 is 0 Å². The van der Waals surface area contributed by atoms with E-state index in [4.69, 9.17) is 5.11 Å². The Kier molecular flexibility index (Phi) is 4.49. The normalized spacial score (nSPS) is 11.7. The third-order valence-corrected chi connectivity index (χ3v) is 3.66. The molecule has 0 aliphatic heterocycles. The second kappa shape index (κ2) is 5.68. The van der Waals surface area contributed by atoms with E-state index in [1.807, 2.05) is 6.92 Å². The Balaban J connectivity index is 2.91. The van der Waals surface area contributed by atoms with Gasteiger partial charge in [0.2, 0.25) is 0 Å². The van der Waals surface area contributed by atoms with Gasteiger partial charge in [-0.15, -0.1) is 17.9 Å². The van der Waals surface area contributed by atoms with Crippen LogP contribution in [0.25, 0.3) is 0 Å². The minimum Gasteiger partial charge on any atom is -0.478 e.